The number of nitrogens with one attached hydrogen (secondary N) is 3. The van der Waals surface area contributed by atoms with Crippen molar-refractivity contribution in [2.24, 2.45) is 7.05 Å². The minimum absolute atomic E-state index is 0.145. The lowest BCUT2D eigenvalue weighted by Crippen LogP contribution is -2.19. The standard InChI is InChI=1S/C19H17N7O4/c1-20-19(28)11-7-21-18-16(30-13(8-27)24-18)14(11)23-12-6-4-5-10(15(12)29-3)17-22-9-26(2)25-17/h4-7,9H,1-3H3,(H,20,28)(H2,21,23,24). The number of aromatic nitrogens is 4. The maximum Gasteiger partial charge on any atom is 0.286 e. The number of methoxy groups -OCH3 is 1. The molecule has 3 aromatic rings. The van der Waals surface area contributed by atoms with Gasteiger partial charge in [0.25, 0.3) is 11.8 Å². The third-order valence-electron chi connectivity index (χ3n) is 4.35. The maximum atomic E-state index is 12.4. The summed E-state index contributed by atoms with van der Waals surface area (Å²) in [6.07, 6.45) is 2.96. The molecule has 0 unspecified atom stereocenters. The van der Waals surface area contributed by atoms with Gasteiger partial charge in [0.1, 0.15) is 12.0 Å². The summed E-state index contributed by atoms with van der Waals surface area (Å²) in [6.45, 7) is 0. The highest BCUT2D eigenvalue weighted by Crippen LogP contribution is 2.44. The average Bonchev–Trinajstić information content (AvgIpc) is 3.39. The number of pyridine rings is 1. The van der Waals surface area contributed by atoms with Crippen molar-refractivity contribution >= 4 is 29.0 Å². The van der Waals surface area contributed by atoms with Crippen molar-refractivity contribution in [3.63, 3.8) is 0 Å². The number of aryl methyl sites for hydroxylation is 1. The highest BCUT2D eigenvalue weighted by Gasteiger charge is 2.28. The van der Waals surface area contributed by atoms with Crippen LogP contribution < -0.4 is 25.4 Å². The van der Waals surface area contributed by atoms with Gasteiger partial charge in [0.15, 0.2) is 29.1 Å². The first-order valence-electron chi connectivity index (χ1n) is 8.80. The molecule has 11 nitrogen and oxygen atoms in total. The summed E-state index contributed by atoms with van der Waals surface area (Å²) in [5, 5.41) is 12.7. The smallest absolute Gasteiger partial charge is 0.286 e. The Labute approximate surface area is 170 Å². The lowest BCUT2D eigenvalue weighted by molar-refractivity contribution is 0.0963. The molecule has 1 aliphatic rings. The van der Waals surface area contributed by atoms with E-state index in [9.17, 15) is 9.59 Å². The minimum Gasteiger partial charge on any atom is -0.494 e. The molecule has 0 spiro atoms. The van der Waals surface area contributed by atoms with E-state index in [1.807, 2.05) is 6.07 Å². The van der Waals surface area contributed by atoms with Gasteiger partial charge in [-0.3, -0.25) is 14.8 Å². The third kappa shape index (κ3) is 3.19. The van der Waals surface area contributed by atoms with Crippen LogP contribution in [0.3, 0.4) is 0 Å². The summed E-state index contributed by atoms with van der Waals surface area (Å²) < 4.78 is 12.7. The summed E-state index contributed by atoms with van der Waals surface area (Å²) in [4.78, 5) is 31.8. The molecular formula is C19H17N7O4. The molecule has 152 valence electrons. The number of nitrogens with zero attached hydrogens (tertiary/aromatic N) is 4. The van der Waals surface area contributed by atoms with Gasteiger partial charge >= 0.3 is 0 Å². The quantitative estimate of drug-likeness (QED) is 0.538. The fraction of sp³-hybridized carbons (Fsp3) is 0.158. The van der Waals surface area contributed by atoms with Gasteiger partial charge in [-0.15, -0.1) is 0 Å². The molecule has 4 rings (SSSR count). The lowest BCUT2D eigenvalue weighted by atomic mass is 10.1. The van der Waals surface area contributed by atoms with Crippen molar-refractivity contribution in [3.8, 4) is 22.9 Å². The Balaban J connectivity index is 1.85. The second kappa shape index (κ2) is 7.57. The highest BCUT2D eigenvalue weighted by molar-refractivity contribution is 6.03. The number of hydrogen-bond donors (Lipinski definition) is 3. The van der Waals surface area contributed by atoms with Crippen LogP contribution in [0.5, 0.6) is 11.5 Å². The molecule has 3 heterocycles. The van der Waals surface area contributed by atoms with E-state index in [1.54, 1.807) is 36.1 Å². The van der Waals surface area contributed by atoms with E-state index in [0.29, 0.717) is 28.5 Å². The molecule has 0 fully saturated rings. The van der Waals surface area contributed by atoms with Crippen molar-refractivity contribution in [1.82, 2.24) is 25.1 Å². The van der Waals surface area contributed by atoms with Gasteiger partial charge in [-0.25, -0.2) is 14.8 Å². The SMILES string of the molecule is CNC(=O)c1cnc2c(c1Nc1cccc(-c3ncn(C)n3)c1OC)OC(=C=O)N2. The lowest BCUT2D eigenvalue weighted by Gasteiger charge is -2.17. The average molecular weight is 407 g/mol. The van der Waals surface area contributed by atoms with Crippen LogP contribution in [0.25, 0.3) is 11.4 Å². The molecular weight excluding hydrogens is 390 g/mol. The summed E-state index contributed by atoms with van der Waals surface area (Å²) in [5.74, 6) is 2.53. The summed E-state index contributed by atoms with van der Waals surface area (Å²) in [5.41, 5.74) is 1.71. The largest absolute Gasteiger partial charge is 0.494 e. The van der Waals surface area contributed by atoms with E-state index in [-0.39, 0.29) is 28.9 Å². The molecule has 0 saturated heterocycles. The zero-order valence-corrected chi connectivity index (χ0v) is 16.3. The van der Waals surface area contributed by atoms with Crippen LogP contribution in [0.15, 0.2) is 36.6 Å². The van der Waals surface area contributed by atoms with E-state index in [4.69, 9.17) is 9.47 Å². The fourth-order valence-electron chi connectivity index (χ4n) is 3.02. The number of rotatable bonds is 5. The minimum atomic E-state index is -0.388. The first-order valence-corrected chi connectivity index (χ1v) is 8.80. The Kier molecular flexibility index (Phi) is 4.78. The number of amides is 1. The van der Waals surface area contributed by atoms with Gasteiger partial charge in [0.05, 0.1) is 23.9 Å². The normalized spacial score (nSPS) is 11.8. The Bertz CT molecular complexity index is 1200. The zero-order valence-electron chi connectivity index (χ0n) is 16.3. The van der Waals surface area contributed by atoms with Gasteiger partial charge in [-0.2, -0.15) is 5.10 Å². The second-order valence-electron chi connectivity index (χ2n) is 6.22. The topological polar surface area (TPSA) is 132 Å². The predicted molar refractivity (Wildman–Crippen MR) is 107 cm³/mol. The first-order chi connectivity index (χ1) is 14.5. The van der Waals surface area contributed by atoms with Crippen molar-refractivity contribution < 1.29 is 19.1 Å². The summed E-state index contributed by atoms with van der Waals surface area (Å²) in [6, 6.07) is 5.39. The number of carbonyl (C=O) groups excluding carboxylic acids is 2. The molecule has 0 saturated carbocycles. The summed E-state index contributed by atoms with van der Waals surface area (Å²) in [7, 11) is 4.79. The molecule has 1 aromatic carbocycles. The Morgan fingerprint density at radius 2 is 2.17 bits per heavy atom. The van der Waals surface area contributed by atoms with Crippen LogP contribution in [-0.4, -0.2) is 45.8 Å². The number of para-hydroxylation sites is 1. The van der Waals surface area contributed by atoms with Crippen LogP contribution >= 0.6 is 0 Å². The maximum absolute atomic E-state index is 12.4. The van der Waals surface area contributed by atoms with Crippen LogP contribution in [0, 0.1) is 0 Å². The van der Waals surface area contributed by atoms with E-state index >= 15 is 0 Å². The van der Waals surface area contributed by atoms with Crippen molar-refractivity contribution in [1.29, 1.82) is 0 Å². The molecule has 1 aliphatic heterocycles. The van der Waals surface area contributed by atoms with Gasteiger partial charge in [0, 0.05) is 20.3 Å². The van der Waals surface area contributed by atoms with Crippen LogP contribution in [0.1, 0.15) is 10.4 Å². The van der Waals surface area contributed by atoms with Crippen LogP contribution in [-0.2, 0) is 11.8 Å². The number of carbonyl (C=O) groups is 1. The highest BCUT2D eigenvalue weighted by atomic mass is 16.5. The number of fused-ring (bicyclic) bond motifs is 1. The molecule has 3 N–H and O–H groups in total. The third-order valence-corrected chi connectivity index (χ3v) is 4.35. The molecule has 0 aliphatic carbocycles. The van der Waals surface area contributed by atoms with Gasteiger partial charge in [0.2, 0.25) is 0 Å². The Morgan fingerprint density at radius 1 is 1.33 bits per heavy atom. The summed E-state index contributed by atoms with van der Waals surface area (Å²) >= 11 is 0. The van der Waals surface area contributed by atoms with Gasteiger partial charge in [-0.05, 0) is 12.1 Å². The number of anilines is 3. The number of hydrogen-bond acceptors (Lipinski definition) is 9. The zero-order chi connectivity index (χ0) is 21.3. The molecule has 1 amide bonds. The van der Waals surface area contributed by atoms with Crippen LogP contribution in [0.2, 0.25) is 0 Å². The molecule has 11 heteroatoms. The number of benzene rings is 1. The molecule has 0 bridgehead atoms. The Hall–Kier alpha value is -4.37. The van der Waals surface area contributed by atoms with E-state index in [1.165, 1.54) is 20.4 Å². The van der Waals surface area contributed by atoms with Crippen molar-refractivity contribution in [3.05, 3.63) is 42.2 Å². The molecule has 0 atom stereocenters. The number of ether oxygens (including phenoxy) is 2. The first kappa shape index (κ1) is 19.0. The monoisotopic (exact) mass is 407 g/mol. The van der Waals surface area contributed by atoms with Gasteiger partial charge < -0.3 is 20.1 Å². The Morgan fingerprint density at radius 3 is 2.83 bits per heavy atom. The second-order valence-corrected chi connectivity index (χ2v) is 6.22. The molecule has 0 radical (unpaired) electrons. The van der Waals surface area contributed by atoms with E-state index in [2.05, 4.69) is 31.0 Å². The molecule has 2 aromatic heterocycles. The van der Waals surface area contributed by atoms with Gasteiger partial charge in [-0.1, -0.05) is 6.07 Å². The van der Waals surface area contributed by atoms with E-state index in [0.717, 1.165) is 0 Å². The van der Waals surface area contributed by atoms with Crippen molar-refractivity contribution in [2.45, 2.75) is 0 Å². The van der Waals surface area contributed by atoms with Crippen molar-refractivity contribution in [2.75, 3.05) is 24.8 Å². The fourth-order valence-corrected chi connectivity index (χ4v) is 3.02. The van der Waals surface area contributed by atoms with E-state index < -0.39 is 0 Å². The molecule has 30 heavy (non-hydrogen) atoms. The van der Waals surface area contributed by atoms with Crippen LogP contribution in [0.4, 0.5) is 17.2 Å². The predicted octanol–water partition coefficient (Wildman–Crippen LogP) is 1.47.